The van der Waals surface area contributed by atoms with E-state index in [2.05, 4.69) is 22.9 Å². The molecule has 7 nitrogen and oxygen atoms in total. The maximum Gasteiger partial charge on any atom is 0.338 e. The number of piperidine rings is 1. The molecule has 1 saturated heterocycles. The number of nitrogens with zero attached hydrogens (tertiary/aromatic N) is 6. The van der Waals surface area contributed by atoms with Crippen molar-refractivity contribution in [2.45, 2.75) is 26.3 Å². The number of imidazole rings is 1. The number of rotatable bonds is 3. The second-order valence-electron chi connectivity index (χ2n) is 6.86. The van der Waals surface area contributed by atoms with E-state index in [1.165, 1.54) is 17.1 Å². The minimum absolute atomic E-state index is 0.187. The van der Waals surface area contributed by atoms with Crippen LogP contribution in [-0.2, 0) is 6.54 Å². The first-order valence-corrected chi connectivity index (χ1v) is 8.83. The number of benzene rings is 1. The van der Waals surface area contributed by atoms with Crippen molar-refractivity contribution in [3.8, 4) is 6.07 Å². The minimum atomic E-state index is -0.187. The Balaban J connectivity index is 1.86. The van der Waals surface area contributed by atoms with Gasteiger partial charge >= 0.3 is 5.69 Å². The molecule has 0 amide bonds. The van der Waals surface area contributed by atoms with Crippen LogP contribution >= 0.6 is 0 Å². The molecule has 0 radical (unpaired) electrons. The molecule has 26 heavy (non-hydrogen) atoms. The molecule has 1 atom stereocenters. The fourth-order valence-electron chi connectivity index (χ4n) is 3.58. The average molecular weight is 348 g/mol. The number of fused-ring (bicyclic) bond motifs is 1. The zero-order chi connectivity index (χ0) is 18.1. The largest absolute Gasteiger partial charge is 0.342 e. The van der Waals surface area contributed by atoms with Crippen molar-refractivity contribution < 1.29 is 0 Å². The van der Waals surface area contributed by atoms with Crippen molar-refractivity contribution in [2.75, 3.05) is 18.0 Å². The van der Waals surface area contributed by atoms with Crippen LogP contribution in [0.4, 0.5) is 5.95 Å². The maximum absolute atomic E-state index is 13.1. The molecule has 2 aromatic heterocycles. The van der Waals surface area contributed by atoms with E-state index in [1.54, 1.807) is 16.8 Å². The van der Waals surface area contributed by atoms with Crippen molar-refractivity contribution in [3.05, 3.63) is 58.4 Å². The van der Waals surface area contributed by atoms with Crippen LogP contribution in [0.1, 0.15) is 30.9 Å². The molecule has 132 valence electrons. The highest BCUT2D eigenvalue weighted by atomic mass is 16.1. The van der Waals surface area contributed by atoms with Gasteiger partial charge in [-0.25, -0.2) is 14.2 Å². The van der Waals surface area contributed by atoms with E-state index in [4.69, 9.17) is 4.98 Å². The number of aromatic nitrogens is 4. The molecule has 0 aliphatic carbocycles. The van der Waals surface area contributed by atoms with E-state index >= 15 is 0 Å². The fourth-order valence-corrected chi connectivity index (χ4v) is 3.58. The smallest absolute Gasteiger partial charge is 0.338 e. The molecule has 7 heteroatoms. The first kappa shape index (κ1) is 16.3. The van der Waals surface area contributed by atoms with Gasteiger partial charge < -0.3 is 4.90 Å². The molecule has 0 unspecified atom stereocenters. The van der Waals surface area contributed by atoms with Gasteiger partial charge in [0.2, 0.25) is 5.95 Å². The summed E-state index contributed by atoms with van der Waals surface area (Å²) in [5.74, 6) is 1.21. The van der Waals surface area contributed by atoms with Gasteiger partial charge in [0.15, 0.2) is 5.65 Å². The molecule has 0 bridgehead atoms. The van der Waals surface area contributed by atoms with Crippen LogP contribution in [0, 0.1) is 17.2 Å². The van der Waals surface area contributed by atoms with Gasteiger partial charge in [0.05, 0.1) is 24.4 Å². The Morgan fingerprint density at radius 2 is 2.19 bits per heavy atom. The van der Waals surface area contributed by atoms with Gasteiger partial charge in [-0.05, 0) is 30.4 Å². The Morgan fingerprint density at radius 3 is 3.00 bits per heavy atom. The summed E-state index contributed by atoms with van der Waals surface area (Å²) in [5.41, 5.74) is 1.74. The number of anilines is 1. The predicted molar refractivity (Wildman–Crippen MR) is 98.1 cm³/mol. The summed E-state index contributed by atoms with van der Waals surface area (Å²) in [6.45, 7) is 4.28. The molecular weight excluding hydrogens is 328 g/mol. The third-order valence-corrected chi connectivity index (χ3v) is 4.92. The summed E-state index contributed by atoms with van der Waals surface area (Å²) in [6, 6.07) is 9.57. The molecule has 0 spiro atoms. The summed E-state index contributed by atoms with van der Waals surface area (Å²) in [6.07, 6.45) is 5.36. The Labute approximate surface area is 151 Å². The van der Waals surface area contributed by atoms with Gasteiger partial charge in [-0.2, -0.15) is 10.2 Å². The lowest BCUT2D eigenvalue weighted by Crippen LogP contribution is -2.40. The Morgan fingerprint density at radius 1 is 1.35 bits per heavy atom. The first-order chi connectivity index (χ1) is 12.7. The van der Waals surface area contributed by atoms with Gasteiger partial charge in [0.1, 0.15) is 6.33 Å². The number of hydrogen-bond acceptors (Lipinski definition) is 5. The average Bonchev–Trinajstić information content (AvgIpc) is 3.13. The van der Waals surface area contributed by atoms with E-state index in [1.807, 2.05) is 18.2 Å². The zero-order valence-corrected chi connectivity index (χ0v) is 14.7. The predicted octanol–water partition coefficient (Wildman–Crippen LogP) is 2.05. The van der Waals surface area contributed by atoms with Gasteiger partial charge in [0.25, 0.3) is 0 Å². The molecule has 4 rings (SSSR count). The van der Waals surface area contributed by atoms with Crippen molar-refractivity contribution >= 4 is 11.6 Å². The second kappa shape index (κ2) is 6.64. The number of nitriles is 1. The number of hydrogen-bond donors (Lipinski definition) is 0. The Hall–Kier alpha value is -3.14. The van der Waals surface area contributed by atoms with Crippen LogP contribution in [0.15, 0.2) is 41.6 Å². The molecule has 3 aromatic rings. The van der Waals surface area contributed by atoms with Crippen molar-refractivity contribution in [1.82, 2.24) is 18.9 Å². The molecule has 1 aromatic carbocycles. The second-order valence-corrected chi connectivity index (χ2v) is 6.86. The standard InChI is InChI=1S/C19H20N6O/c1-14-5-4-8-23(11-14)18-22-17-10-21-13-25(17)19(26)24(18)12-16-7-3-2-6-15(16)9-20/h2-3,6-7,10,13-14H,4-5,8,11-12H2,1H3/t14-/m1/s1. The molecule has 0 saturated carbocycles. The van der Waals surface area contributed by atoms with E-state index in [-0.39, 0.29) is 5.69 Å². The maximum atomic E-state index is 13.1. The van der Waals surface area contributed by atoms with Gasteiger partial charge in [-0.15, -0.1) is 0 Å². The van der Waals surface area contributed by atoms with Crippen molar-refractivity contribution in [2.24, 2.45) is 5.92 Å². The van der Waals surface area contributed by atoms with Crippen LogP contribution in [0.25, 0.3) is 5.65 Å². The van der Waals surface area contributed by atoms with E-state index in [0.717, 1.165) is 25.1 Å². The summed E-state index contributed by atoms with van der Waals surface area (Å²) < 4.78 is 3.11. The third kappa shape index (κ3) is 2.84. The molecule has 1 aliphatic rings. The third-order valence-electron chi connectivity index (χ3n) is 4.92. The van der Waals surface area contributed by atoms with Crippen LogP contribution in [0.5, 0.6) is 0 Å². The van der Waals surface area contributed by atoms with Gasteiger partial charge in [0, 0.05) is 13.1 Å². The minimum Gasteiger partial charge on any atom is -0.342 e. The van der Waals surface area contributed by atoms with Gasteiger partial charge in [-0.1, -0.05) is 25.1 Å². The highest BCUT2D eigenvalue weighted by Gasteiger charge is 2.23. The molecular formula is C19H20N6O. The van der Waals surface area contributed by atoms with Crippen molar-refractivity contribution in [3.63, 3.8) is 0 Å². The fraction of sp³-hybridized carbons (Fsp3) is 0.368. The van der Waals surface area contributed by atoms with Crippen LogP contribution in [0.3, 0.4) is 0 Å². The van der Waals surface area contributed by atoms with Gasteiger partial charge in [-0.3, -0.25) is 4.57 Å². The zero-order valence-electron chi connectivity index (χ0n) is 14.7. The summed E-state index contributed by atoms with van der Waals surface area (Å²) in [4.78, 5) is 24.0. The van der Waals surface area contributed by atoms with Crippen LogP contribution < -0.4 is 10.6 Å². The molecule has 1 fully saturated rings. The Kier molecular flexibility index (Phi) is 4.17. The molecule has 3 heterocycles. The topological polar surface area (TPSA) is 79.2 Å². The van der Waals surface area contributed by atoms with Crippen LogP contribution in [-0.4, -0.2) is 32.0 Å². The lowest BCUT2D eigenvalue weighted by Gasteiger charge is -2.33. The SMILES string of the molecule is C[C@@H]1CCCN(c2nc3cncn3c(=O)n2Cc2ccccc2C#N)C1. The van der Waals surface area contributed by atoms with Crippen molar-refractivity contribution in [1.29, 1.82) is 5.26 Å². The normalized spacial score (nSPS) is 17.4. The summed E-state index contributed by atoms with van der Waals surface area (Å²) in [7, 11) is 0. The lowest BCUT2D eigenvalue weighted by molar-refractivity contribution is 0.435. The first-order valence-electron chi connectivity index (χ1n) is 8.83. The molecule has 1 aliphatic heterocycles. The lowest BCUT2D eigenvalue weighted by atomic mass is 10.0. The monoisotopic (exact) mass is 348 g/mol. The van der Waals surface area contributed by atoms with Crippen LogP contribution in [0.2, 0.25) is 0 Å². The summed E-state index contributed by atoms with van der Waals surface area (Å²) >= 11 is 0. The molecule has 0 N–H and O–H groups in total. The van der Waals surface area contributed by atoms with E-state index in [9.17, 15) is 10.1 Å². The quantitative estimate of drug-likeness (QED) is 0.724. The van der Waals surface area contributed by atoms with E-state index in [0.29, 0.717) is 29.6 Å². The Bertz CT molecular complexity index is 1040. The summed E-state index contributed by atoms with van der Waals surface area (Å²) in [5, 5.41) is 9.38. The highest BCUT2D eigenvalue weighted by molar-refractivity contribution is 5.45. The van der Waals surface area contributed by atoms with E-state index < -0.39 is 0 Å². The highest BCUT2D eigenvalue weighted by Crippen LogP contribution is 2.22.